The first kappa shape index (κ1) is 37.9. The van der Waals surface area contributed by atoms with Gasteiger partial charge in [-0.25, -0.2) is 0 Å². The minimum absolute atomic E-state index is 0.00554. The molecule has 1 aromatic heterocycles. The second-order valence-corrected chi connectivity index (χ2v) is 15.5. The number of nitrogens with zero attached hydrogens (tertiary/aromatic N) is 1. The second-order valence-electron chi connectivity index (χ2n) is 15.0. The number of methoxy groups -OCH3 is 1. The van der Waals surface area contributed by atoms with Crippen molar-refractivity contribution in [3.8, 4) is 11.5 Å². The number of phenols is 1. The van der Waals surface area contributed by atoms with E-state index in [1.165, 1.54) is 19.2 Å². The lowest BCUT2D eigenvalue weighted by atomic mass is 9.77. The van der Waals surface area contributed by atoms with Crippen LogP contribution in [0.1, 0.15) is 79.7 Å². The van der Waals surface area contributed by atoms with Gasteiger partial charge in [-0.2, -0.15) is 0 Å². The Hall–Kier alpha value is -4.42. The van der Waals surface area contributed by atoms with Crippen molar-refractivity contribution in [1.82, 2.24) is 15.2 Å². The van der Waals surface area contributed by atoms with Crippen molar-refractivity contribution < 1.29 is 29.3 Å². The quantitative estimate of drug-likeness (QED) is 0.0957. The van der Waals surface area contributed by atoms with Crippen molar-refractivity contribution in [2.45, 2.75) is 82.0 Å². The van der Waals surface area contributed by atoms with Crippen LogP contribution >= 0.6 is 11.6 Å². The number of hydrogen-bond donors (Lipinski definition) is 5. The Bertz CT molecular complexity index is 2050. The Kier molecular flexibility index (Phi) is 11.6. The molecule has 3 aliphatic heterocycles. The highest BCUT2D eigenvalue weighted by molar-refractivity contribution is 6.33. The molecule has 0 radical (unpaired) electrons. The van der Waals surface area contributed by atoms with Crippen LogP contribution in [0.4, 0.5) is 5.69 Å². The molecule has 4 aliphatic rings. The molecule has 54 heavy (non-hydrogen) atoms. The maximum atomic E-state index is 13.8. The van der Waals surface area contributed by atoms with Gasteiger partial charge >= 0.3 is 5.97 Å². The number of benzene rings is 3. The topological polar surface area (TPSA) is 153 Å². The SMILES string of the molecule is COc1cc(NC(=O)CCCc2cccc(C3(C(=O)O[C@H]4CN5CCC4CC5)CCCC3)c2)c(Cl)cc1CNCC(O)c1ccc(O)c2[nH]c(=O)ccc12. The van der Waals surface area contributed by atoms with Gasteiger partial charge in [0, 0.05) is 49.1 Å². The van der Waals surface area contributed by atoms with Crippen LogP contribution in [0.2, 0.25) is 5.02 Å². The molecule has 2 bridgehead atoms. The largest absolute Gasteiger partial charge is 0.506 e. The summed E-state index contributed by atoms with van der Waals surface area (Å²) in [7, 11) is 1.54. The number of esters is 1. The molecule has 1 unspecified atom stereocenters. The highest BCUT2D eigenvalue weighted by Crippen LogP contribution is 2.44. The number of anilines is 1. The summed E-state index contributed by atoms with van der Waals surface area (Å²) in [5.41, 5.74) is 3.18. The normalized spacial score (nSPS) is 20.8. The molecular formula is C42H49ClN4O7. The molecule has 11 nitrogen and oxygen atoms in total. The first-order valence-corrected chi connectivity index (χ1v) is 19.4. The number of ether oxygens (including phenoxy) is 2. The molecule has 3 aromatic carbocycles. The molecule has 1 aliphatic carbocycles. The Labute approximate surface area is 320 Å². The number of aryl methyl sites for hydroxylation is 1. The lowest BCUT2D eigenvalue weighted by molar-refractivity contribution is -0.165. The molecule has 2 atom stereocenters. The van der Waals surface area contributed by atoms with Gasteiger partial charge in [0.2, 0.25) is 11.5 Å². The van der Waals surface area contributed by atoms with Gasteiger partial charge < -0.3 is 35.3 Å². The Morgan fingerprint density at radius 2 is 1.87 bits per heavy atom. The van der Waals surface area contributed by atoms with E-state index >= 15 is 0 Å². The fraction of sp³-hybridized carbons (Fsp3) is 0.452. The van der Waals surface area contributed by atoms with Crippen LogP contribution in [0.25, 0.3) is 10.9 Å². The molecule has 286 valence electrons. The lowest BCUT2D eigenvalue weighted by Gasteiger charge is -2.45. The molecular weight excluding hydrogens is 708 g/mol. The molecule has 4 aromatic rings. The van der Waals surface area contributed by atoms with Crippen molar-refractivity contribution in [2.75, 3.05) is 38.6 Å². The summed E-state index contributed by atoms with van der Waals surface area (Å²) in [6.45, 7) is 3.56. The number of H-pyrrole nitrogens is 1. The number of carbonyl (C=O) groups is 2. The number of fused-ring (bicyclic) bond motifs is 4. The standard InChI is InChI=1S/C42H49ClN4O7/c1-53-36-22-33(32(43)21-28(36)23-44-24-35(49)30-10-12-34(48)40-31(30)11-13-39(51)46-40)45-38(50)9-5-7-26-6-4-8-29(20-26)42(16-2-3-17-42)41(52)54-37-25-47-18-14-27(37)15-19-47/h4,6,8,10-13,20-22,27,35,37,44,48-49H,2-3,5,7,9,14-19,23-25H2,1H3,(H,45,50)(H,46,51)/t35?,37-/m0/s1. The minimum atomic E-state index is -0.929. The number of nitrogens with one attached hydrogen (secondary N) is 3. The van der Waals surface area contributed by atoms with E-state index in [2.05, 4.69) is 38.7 Å². The van der Waals surface area contributed by atoms with Crippen LogP contribution in [0.3, 0.4) is 0 Å². The lowest BCUT2D eigenvalue weighted by Crippen LogP contribution is -2.53. The fourth-order valence-electron chi connectivity index (χ4n) is 8.60. The minimum Gasteiger partial charge on any atom is -0.506 e. The van der Waals surface area contributed by atoms with Gasteiger partial charge in [0.15, 0.2) is 0 Å². The van der Waals surface area contributed by atoms with E-state index in [1.807, 2.05) is 6.07 Å². The van der Waals surface area contributed by atoms with E-state index < -0.39 is 11.5 Å². The zero-order valence-electron chi connectivity index (χ0n) is 30.7. The zero-order valence-corrected chi connectivity index (χ0v) is 31.4. The van der Waals surface area contributed by atoms with Crippen LogP contribution in [-0.4, -0.2) is 71.4 Å². The molecule has 4 fully saturated rings. The van der Waals surface area contributed by atoms with Gasteiger partial charge in [-0.3, -0.25) is 19.3 Å². The van der Waals surface area contributed by atoms with Crippen LogP contribution in [-0.2, 0) is 32.7 Å². The molecule has 8 rings (SSSR count). The van der Waals surface area contributed by atoms with E-state index in [0.717, 1.165) is 74.8 Å². The summed E-state index contributed by atoms with van der Waals surface area (Å²) in [4.78, 5) is 43.7. The van der Waals surface area contributed by atoms with Gasteiger partial charge in [-0.15, -0.1) is 0 Å². The van der Waals surface area contributed by atoms with E-state index in [0.29, 0.717) is 52.7 Å². The predicted molar refractivity (Wildman–Crippen MR) is 208 cm³/mol. The number of aromatic amines is 1. The molecule has 12 heteroatoms. The molecule has 1 amide bonds. The molecule has 5 N–H and O–H groups in total. The smallest absolute Gasteiger partial charge is 0.316 e. The number of aromatic nitrogens is 1. The van der Waals surface area contributed by atoms with Crippen molar-refractivity contribution >= 4 is 40.1 Å². The number of aliphatic hydroxyl groups excluding tert-OH is 1. The number of aromatic hydroxyl groups is 1. The monoisotopic (exact) mass is 756 g/mol. The van der Waals surface area contributed by atoms with Gasteiger partial charge in [0.05, 0.1) is 34.9 Å². The highest BCUT2D eigenvalue weighted by Gasteiger charge is 2.47. The summed E-state index contributed by atoms with van der Waals surface area (Å²) >= 11 is 6.62. The fourth-order valence-corrected chi connectivity index (χ4v) is 8.83. The van der Waals surface area contributed by atoms with Crippen molar-refractivity contribution in [2.24, 2.45) is 5.92 Å². The Morgan fingerprint density at radius 3 is 2.61 bits per heavy atom. The van der Waals surface area contributed by atoms with Gasteiger partial charge in [-0.05, 0) is 92.4 Å². The molecule has 0 spiro atoms. The summed E-state index contributed by atoms with van der Waals surface area (Å²) in [5, 5.41) is 28.1. The van der Waals surface area contributed by atoms with Gasteiger partial charge in [0.1, 0.15) is 17.6 Å². The number of halogens is 1. The summed E-state index contributed by atoms with van der Waals surface area (Å²) < 4.78 is 11.9. The van der Waals surface area contributed by atoms with Crippen molar-refractivity contribution in [3.05, 3.63) is 98.3 Å². The first-order chi connectivity index (χ1) is 26.1. The summed E-state index contributed by atoms with van der Waals surface area (Å²) in [5.74, 6) is 0.690. The number of pyridine rings is 1. The number of phenolic OH excluding ortho intramolecular Hbond substituents is 1. The van der Waals surface area contributed by atoms with Crippen LogP contribution in [0, 0.1) is 5.92 Å². The van der Waals surface area contributed by atoms with Gasteiger partial charge in [0.25, 0.3) is 0 Å². The molecule has 1 saturated carbocycles. The predicted octanol–water partition coefficient (Wildman–Crippen LogP) is 6.13. The third-order valence-corrected chi connectivity index (χ3v) is 11.9. The van der Waals surface area contributed by atoms with Crippen molar-refractivity contribution in [1.29, 1.82) is 0 Å². The van der Waals surface area contributed by atoms with E-state index in [1.54, 1.807) is 24.3 Å². The Morgan fingerprint density at radius 1 is 1.07 bits per heavy atom. The van der Waals surface area contributed by atoms with Gasteiger partial charge in [-0.1, -0.05) is 54.8 Å². The zero-order chi connectivity index (χ0) is 37.8. The number of hydrogen-bond acceptors (Lipinski definition) is 9. The number of amides is 1. The van der Waals surface area contributed by atoms with E-state index in [9.17, 15) is 24.6 Å². The maximum absolute atomic E-state index is 13.8. The van der Waals surface area contributed by atoms with Crippen molar-refractivity contribution in [3.63, 3.8) is 0 Å². The number of rotatable bonds is 14. The maximum Gasteiger partial charge on any atom is 0.316 e. The number of piperidine rings is 3. The first-order valence-electron chi connectivity index (χ1n) is 19.1. The van der Waals surface area contributed by atoms with E-state index in [-0.39, 0.29) is 47.8 Å². The third-order valence-electron chi connectivity index (χ3n) is 11.6. The van der Waals surface area contributed by atoms with Crippen LogP contribution < -0.4 is 20.9 Å². The Balaban J connectivity index is 0.922. The molecule has 3 saturated heterocycles. The molecule has 4 heterocycles. The number of aliphatic hydroxyl groups is 1. The average Bonchev–Trinajstić information content (AvgIpc) is 3.68. The van der Waals surface area contributed by atoms with Crippen LogP contribution in [0.5, 0.6) is 11.5 Å². The second kappa shape index (κ2) is 16.5. The van der Waals surface area contributed by atoms with Crippen LogP contribution in [0.15, 0.2) is 65.5 Å². The number of carbonyl (C=O) groups excluding carboxylic acids is 2. The van der Waals surface area contributed by atoms with E-state index in [4.69, 9.17) is 21.1 Å². The average molecular weight is 757 g/mol. The summed E-state index contributed by atoms with van der Waals surface area (Å²) in [6, 6.07) is 17.7. The highest BCUT2D eigenvalue weighted by atomic mass is 35.5. The summed E-state index contributed by atoms with van der Waals surface area (Å²) in [6.07, 6.45) is 6.52. The third kappa shape index (κ3) is 8.15.